The zero-order valence-electron chi connectivity index (χ0n) is 12.6. The zero-order valence-corrected chi connectivity index (χ0v) is 14.2. The van der Waals surface area contributed by atoms with E-state index in [2.05, 4.69) is 15.9 Å². The molecule has 1 rings (SSSR count). The Balaban J connectivity index is 3.02. The van der Waals surface area contributed by atoms with Crippen molar-refractivity contribution in [2.45, 2.75) is 32.8 Å². The number of carbonyl (C=O) groups is 1. The van der Waals surface area contributed by atoms with Gasteiger partial charge in [-0.2, -0.15) is 0 Å². The average Bonchev–Trinajstić information content (AvgIpc) is 2.35. The van der Waals surface area contributed by atoms with Crippen LogP contribution in [0.15, 0.2) is 16.6 Å². The van der Waals surface area contributed by atoms with Crippen LogP contribution in [0.25, 0.3) is 0 Å². The Hall–Kier alpha value is -1.27. The van der Waals surface area contributed by atoms with Gasteiger partial charge in [0.05, 0.1) is 26.7 Å². The van der Waals surface area contributed by atoms with E-state index in [1.807, 2.05) is 13.8 Å². The summed E-state index contributed by atoms with van der Waals surface area (Å²) < 4.78 is 11.1. The standard InChI is InChI=1S/C15H21BrO5/c1-15(2,8-14(18)19)7-11(17)9-5-12(20-3)13(21-4)6-10(9)16/h5-6,11,17H,7-8H2,1-4H3,(H,18,19). The highest BCUT2D eigenvalue weighted by Gasteiger charge is 2.27. The lowest BCUT2D eigenvalue weighted by Gasteiger charge is -2.26. The summed E-state index contributed by atoms with van der Waals surface area (Å²) in [7, 11) is 3.06. The summed E-state index contributed by atoms with van der Waals surface area (Å²) in [6.45, 7) is 3.64. The second-order valence-corrected chi connectivity index (χ2v) is 6.54. The third-order valence-corrected chi connectivity index (χ3v) is 3.92. The maximum absolute atomic E-state index is 10.9. The minimum atomic E-state index is -0.876. The number of aliphatic hydroxyl groups excluding tert-OH is 1. The van der Waals surface area contributed by atoms with Crippen LogP contribution in [-0.4, -0.2) is 30.4 Å². The molecule has 5 nitrogen and oxygen atoms in total. The molecule has 0 aliphatic carbocycles. The Morgan fingerprint density at radius 3 is 2.29 bits per heavy atom. The summed E-state index contributed by atoms with van der Waals surface area (Å²) in [6, 6.07) is 3.42. The number of aliphatic carboxylic acids is 1. The third kappa shape index (κ3) is 4.89. The topological polar surface area (TPSA) is 76.0 Å². The molecule has 1 aromatic carbocycles. The largest absolute Gasteiger partial charge is 0.493 e. The molecule has 1 aromatic rings. The molecule has 0 saturated carbocycles. The second-order valence-electron chi connectivity index (χ2n) is 5.68. The van der Waals surface area contributed by atoms with Crippen molar-refractivity contribution in [1.82, 2.24) is 0 Å². The number of carboxylic acids is 1. The fourth-order valence-corrected chi connectivity index (χ4v) is 2.83. The fourth-order valence-electron chi connectivity index (χ4n) is 2.24. The molecule has 118 valence electrons. The zero-order chi connectivity index (χ0) is 16.2. The van der Waals surface area contributed by atoms with Gasteiger partial charge in [-0.3, -0.25) is 4.79 Å². The highest BCUT2D eigenvalue weighted by molar-refractivity contribution is 9.10. The van der Waals surface area contributed by atoms with E-state index in [1.54, 1.807) is 12.1 Å². The SMILES string of the molecule is COc1cc(Br)c(C(O)CC(C)(C)CC(=O)O)cc1OC. The van der Waals surface area contributed by atoms with E-state index in [1.165, 1.54) is 14.2 Å². The lowest BCUT2D eigenvalue weighted by molar-refractivity contribution is -0.139. The number of hydrogen-bond donors (Lipinski definition) is 2. The molecular formula is C15H21BrO5. The van der Waals surface area contributed by atoms with E-state index in [0.717, 1.165) is 0 Å². The van der Waals surface area contributed by atoms with Crippen molar-refractivity contribution < 1.29 is 24.5 Å². The Kier molecular flexibility index (Phi) is 6.04. The summed E-state index contributed by atoms with van der Waals surface area (Å²) in [6.07, 6.45) is -0.476. The minimum Gasteiger partial charge on any atom is -0.493 e. The summed E-state index contributed by atoms with van der Waals surface area (Å²) >= 11 is 3.40. The molecule has 1 atom stereocenters. The van der Waals surface area contributed by atoms with Crippen molar-refractivity contribution in [2.75, 3.05) is 14.2 Å². The number of aliphatic hydroxyl groups is 1. The van der Waals surface area contributed by atoms with Gasteiger partial charge in [0.2, 0.25) is 0 Å². The molecule has 1 unspecified atom stereocenters. The summed E-state index contributed by atoms with van der Waals surface area (Å²) in [5.74, 6) is 0.203. The molecule has 0 fully saturated rings. The number of benzene rings is 1. The van der Waals surface area contributed by atoms with Gasteiger partial charge in [-0.15, -0.1) is 0 Å². The van der Waals surface area contributed by atoms with Gasteiger partial charge in [0.25, 0.3) is 0 Å². The van der Waals surface area contributed by atoms with Crippen LogP contribution in [-0.2, 0) is 4.79 Å². The molecule has 0 bridgehead atoms. The first kappa shape index (κ1) is 17.8. The van der Waals surface area contributed by atoms with Gasteiger partial charge >= 0.3 is 5.97 Å². The van der Waals surface area contributed by atoms with Gasteiger partial charge in [0.15, 0.2) is 11.5 Å². The van der Waals surface area contributed by atoms with Crippen LogP contribution in [0.2, 0.25) is 0 Å². The number of ether oxygens (including phenoxy) is 2. The third-order valence-electron chi connectivity index (χ3n) is 3.24. The van der Waals surface area contributed by atoms with Gasteiger partial charge in [-0.25, -0.2) is 0 Å². The van der Waals surface area contributed by atoms with Crippen molar-refractivity contribution >= 4 is 21.9 Å². The number of hydrogen-bond acceptors (Lipinski definition) is 4. The molecule has 0 amide bonds. The first-order chi connectivity index (χ1) is 9.70. The molecule has 0 aliphatic rings. The summed E-state index contributed by atoms with van der Waals surface area (Å²) in [5.41, 5.74) is 0.129. The quantitative estimate of drug-likeness (QED) is 0.779. The maximum Gasteiger partial charge on any atom is 0.303 e. The van der Waals surface area contributed by atoms with Crippen molar-refractivity contribution in [3.63, 3.8) is 0 Å². The van der Waals surface area contributed by atoms with Crippen molar-refractivity contribution in [2.24, 2.45) is 5.41 Å². The van der Waals surface area contributed by atoms with E-state index in [0.29, 0.717) is 28.0 Å². The Bertz CT molecular complexity index is 513. The van der Waals surface area contributed by atoms with Gasteiger partial charge in [-0.05, 0) is 29.5 Å². The Labute approximate surface area is 133 Å². The van der Waals surface area contributed by atoms with Gasteiger partial charge < -0.3 is 19.7 Å². The monoisotopic (exact) mass is 360 g/mol. The predicted molar refractivity (Wildman–Crippen MR) is 82.9 cm³/mol. The first-order valence-corrected chi connectivity index (χ1v) is 7.30. The lowest BCUT2D eigenvalue weighted by Crippen LogP contribution is -2.20. The highest BCUT2D eigenvalue weighted by atomic mass is 79.9. The molecule has 0 spiro atoms. The van der Waals surface area contributed by atoms with Gasteiger partial charge in [0.1, 0.15) is 0 Å². The first-order valence-electron chi connectivity index (χ1n) is 6.51. The van der Waals surface area contributed by atoms with Crippen molar-refractivity contribution in [1.29, 1.82) is 0 Å². The molecule has 2 N–H and O–H groups in total. The Morgan fingerprint density at radius 2 is 1.81 bits per heavy atom. The van der Waals surface area contributed by atoms with Crippen LogP contribution in [0.3, 0.4) is 0 Å². The predicted octanol–water partition coefficient (Wildman–Crippen LogP) is 3.39. The van der Waals surface area contributed by atoms with Gasteiger partial charge in [0, 0.05) is 4.47 Å². The van der Waals surface area contributed by atoms with Crippen LogP contribution in [0.4, 0.5) is 0 Å². The van der Waals surface area contributed by atoms with E-state index >= 15 is 0 Å². The lowest BCUT2D eigenvalue weighted by atomic mass is 9.82. The number of rotatable bonds is 7. The van der Waals surface area contributed by atoms with Crippen LogP contribution in [0, 0.1) is 5.41 Å². The smallest absolute Gasteiger partial charge is 0.303 e. The van der Waals surface area contributed by atoms with Crippen molar-refractivity contribution in [3.05, 3.63) is 22.2 Å². The molecule has 0 saturated heterocycles. The Morgan fingerprint density at radius 1 is 1.29 bits per heavy atom. The summed E-state index contributed by atoms with van der Waals surface area (Å²) in [4.78, 5) is 10.9. The molecular weight excluding hydrogens is 340 g/mol. The number of carboxylic acid groups (broad SMARTS) is 1. The minimum absolute atomic E-state index is 0.00499. The molecule has 0 heterocycles. The van der Waals surface area contributed by atoms with Crippen LogP contribution >= 0.6 is 15.9 Å². The van der Waals surface area contributed by atoms with Crippen LogP contribution < -0.4 is 9.47 Å². The van der Waals surface area contributed by atoms with Gasteiger partial charge in [-0.1, -0.05) is 29.8 Å². The highest BCUT2D eigenvalue weighted by Crippen LogP contribution is 2.40. The molecule has 21 heavy (non-hydrogen) atoms. The molecule has 0 radical (unpaired) electrons. The maximum atomic E-state index is 10.9. The second kappa shape index (κ2) is 7.13. The molecule has 6 heteroatoms. The summed E-state index contributed by atoms with van der Waals surface area (Å²) in [5, 5.41) is 19.3. The number of halogens is 1. The molecule has 0 aromatic heterocycles. The van der Waals surface area contributed by atoms with E-state index in [9.17, 15) is 9.90 Å². The normalized spacial score (nSPS) is 12.9. The van der Waals surface area contributed by atoms with E-state index < -0.39 is 17.5 Å². The van der Waals surface area contributed by atoms with E-state index in [-0.39, 0.29) is 6.42 Å². The fraction of sp³-hybridized carbons (Fsp3) is 0.533. The van der Waals surface area contributed by atoms with E-state index in [4.69, 9.17) is 14.6 Å². The number of methoxy groups -OCH3 is 2. The molecule has 0 aliphatic heterocycles. The van der Waals surface area contributed by atoms with Crippen molar-refractivity contribution in [3.8, 4) is 11.5 Å². The average molecular weight is 361 g/mol. The van der Waals surface area contributed by atoms with Crippen LogP contribution in [0.5, 0.6) is 11.5 Å². The van der Waals surface area contributed by atoms with Crippen LogP contribution in [0.1, 0.15) is 38.4 Å².